The van der Waals surface area contributed by atoms with E-state index in [9.17, 15) is 9.59 Å². The lowest BCUT2D eigenvalue weighted by Crippen LogP contribution is -2.50. The maximum atomic E-state index is 12.4. The van der Waals surface area contributed by atoms with Gasteiger partial charge in [0.25, 0.3) is 5.91 Å². The Morgan fingerprint density at radius 2 is 1.79 bits per heavy atom. The van der Waals surface area contributed by atoms with Gasteiger partial charge in [0.2, 0.25) is 5.91 Å². The van der Waals surface area contributed by atoms with Gasteiger partial charge < -0.3 is 15.5 Å². The molecule has 2 amide bonds. The van der Waals surface area contributed by atoms with E-state index in [1.165, 1.54) is 0 Å². The van der Waals surface area contributed by atoms with E-state index >= 15 is 0 Å². The van der Waals surface area contributed by atoms with Crippen LogP contribution >= 0.6 is 0 Å². The number of pyridine rings is 1. The van der Waals surface area contributed by atoms with Crippen LogP contribution in [0.4, 0.5) is 5.69 Å². The molecule has 1 aromatic heterocycles. The van der Waals surface area contributed by atoms with Crippen molar-refractivity contribution < 1.29 is 9.59 Å². The third-order valence-electron chi connectivity index (χ3n) is 3.35. The lowest BCUT2D eigenvalue weighted by molar-refractivity contribution is -0.130. The molecular formula is C13H18N4O2. The second kappa shape index (κ2) is 5.26. The summed E-state index contributed by atoms with van der Waals surface area (Å²) >= 11 is 0. The van der Waals surface area contributed by atoms with Crippen molar-refractivity contribution >= 4 is 17.5 Å². The van der Waals surface area contributed by atoms with Crippen molar-refractivity contribution in [3.8, 4) is 0 Å². The molecule has 1 aliphatic rings. The first-order chi connectivity index (χ1) is 8.99. The van der Waals surface area contributed by atoms with Crippen molar-refractivity contribution in [2.75, 3.05) is 31.9 Å². The average molecular weight is 262 g/mol. The topological polar surface area (TPSA) is 79.5 Å². The number of nitrogens with zero attached hydrogens (tertiary/aromatic N) is 3. The van der Waals surface area contributed by atoms with Gasteiger partial charge in [-0.05, 0) is 13.0 Å². The summed E-state index contributed by atoms with van der Waals surface area (Å²) in [6.07, 6.45) is 1.54. The Bertz CT molecular complexity index is 507. The van der Waals surface area contributed by atoms with Gasteiger partial charge >= 0.3 is 0 Å². The van der Waals surface area contributed by atoms with Gasteiger partial charge in [0.1, 0.15) is 0 Å². The van der Waals surface area contributed by atoms with Gasteiger partial charge in [0.15, 0.2) is 0 Å². The van der Waals surface area contributed by atoms with Crippen molar-refractivity contribution in [3.05, 3.63) is 23.5 Å². The van der Waals surface area contributed by atoms with Crippen molar-refractivity contribution in [2.24, 2.45) is 0 Å². The van der Waals surface area contributed by atoms with E-state index in [2.05, 4.69) is 4.98 Å². The Labute approximate surface area is 112 Å². The second-order valence-corrected chi connectivity index (χ2v) is 4.70. The first kappa shape index (κ1) is 13.3. The van der Waals surface area contributed by atoms with Crippen LogP contribution in [0.15, 0.2) is 12.3 Å². The third kappa shape index (κ3) is 2.83. The molecule has 0 atom stereocenters. The lowest BCUT2D eigenvalue weighted by Gasteiger charge is -2.34. The van der Waals surface area contributed by atoms with Crippen molar-refractivity contribution in [1.82, 2.24) is 14.8 Å². The van der Waals surface area contributed by atoms with Gasteiger partial charge in [-0.15, -0.1) is 0 Å². The number of carbonyl (C=O) groups excluding carboxylic acids is 2. The van der Waals surface area contributed by atoms with Crippen molar-refractivity contribution in [3.63, 3.8) is 0 Å². The van der Waals surface area contributed by atoms with Gasteiger partial charge in [-0.3, -0.25) is 14.6 Å². The molecule has 102 valence electrons. The molecule has 0 bridgehead atoms. The molecule has 1 aliphatic heterocycles. The smallest absolute Gasteiger partial charge is 0.255 e. The zero-order chi connectivity index (χ0) is 14.0. The van der Waals surface area contributed by atoms with Gasteiger partial charge in [-0.2, -0.15) is 0 Å². The zero-order valence-corrected chi connectivity index (χ0v) is 11.2. The maximum Gasteiger partial charge on any atom is 0.255 e. The highest BCUT2D eigenvalue weighted by atomic mass is 16.2. The molecule has 0 radical (unpaired) electrons. The number of amides is 2. The van der Waals surface area contributed by atoms with Crippen LogP contribution in [0, 0.1) is 6.92 Å². The Kier molecular flexibility index (Phi) is 3.69. The van der Waals surface area contributed by atoms with Crippen LogP contribution in [0.2, 0.25) is 0 Å². The summed E-state index contributed by atoms with van der Waals surface area (Å²) in [5.41, 5.74) is 7.37. The summed E-state index contributed by atoms with van der Waals surface area (Å²) < 4.78 is 0. The highest BCUT2D eigenvalue weighted by Crippen LogP contribution is 2.14. The van der Waals surface area contributed by atoms with E-state index in [0.717, 1.165) is 0 Å². The number of rotatable bonds is 1. The molecule has 1 fully saturated rings. The first-order valence-corrected chi connectivity index (χ1v) is 6.26. The Balaban J connectivity index is 2.09. The van der Waals surface area contributed by atoms with Crippen LogP contribution in [0.1, 0.15) is 23.0 Å². The van der Waals surface area contributed by atoms with E-state index in [1.807, 2.05) is 0 Å². The van der Waals surface area contributed by atoms with Crippen LogP contribution < -0.4 is 5.73 Å². The summed E-state index contributed by atoms with van der Waals surface area (Å²) in [4.78, 5) is 31.2. The minimum atomic E-state index is -0.0690. The van der Waals surface area contributed by atoms with Gasteiger partial charge in [0, 0.05) is 33.1 Å². The number of nitrogens with two attached hydrogens (primary N) is 1. The molecule has 2 rings (SSSR count). The molecule has 1 saturated heterocycles. The van der Waals surface area contributed by atoms with Crippen molar-refractivity contribution in [2.45, 2.75) is 13.8 Å². The molecule has 2 N–H and O–H groups in total. The SMILES string of the molecule is CC(=O)N1CCN(C(=O)c2cc(N)cnc2C)CC1. The number of aromatic nitrogens is 1. The Morgan fingerprint density at radius 1 is 1.21 bits per heavy atom. The summed E-state index contributed by atoms with van der Waals surface area (Å²) in [6.45, 7) is 5.59. The largest absolute Gasteiger partial charge is 0.397 e. The molecule has 0 aliphatic carbocycles. The number of anilines is 1. The maximum absolute atomic E-state index is 12.4. The Hall–Kier alpha value is -2.11. The number of hydrogen-bond donors (Lipinski definition) is 1. The molecule has 6 nitrogen and oxygen atoms in total. The predicted octanol–water partition coefficient (Wildman–Crippen LogP) is 0.277. The predicted molar refractivity (Wildman–Crippen MR) is 71.5 cm³/mol. The third-order valence-corrected chi connectivity index (χ3v) is 3.35. The minimum absolute atomic E-state index is 0.0499. The van der Waals surface area contributed by atoms with Crippen LogP contribution in [0.25, 0.3) is 0 Å². The van der Waals surface area contributed by atoms with Crippen LogP contribution in [0.3, 0.4) is 0 Å². The average Bonchev–Trinajstić information content (AvgIpc) is 2.41. The minimum Gasteiger partial charge on any atom is -0.397 e. The van der Waals surface area contributed by atoms with E-state index < -0.39 is 0 Å². The van der Waals surface area contributed by atoms with Gasteiger partial charge in [-0.1, -0.05) is 0 Å². The fourth-order valence-electron chi connectivity index (χ4n) is 2.16. The first-order valence-electron chi connectivity index (χ1n) is 6.26. The lowest BCUT2D eigenvalue weighted by atomic mass is 10.1. The molecule has 1 aromatic rings. The highest BCUT2D eigenvalue weighted by molar-refractivity contribution is 5.96. The number of hydrogen-bond acceptors (Lipinski definition) is 4. The molecule has 2 heterocycles. The Morgan fingerprint density at radius 3 is 2.37 bits per heavy atom. The molecule has 0 unspecified atom stereocenters. The van der Waals surface area contributed by atoms with E-state index in [-0.39, 0.29) is 11.8 Å². The molecular weight excluding hydrogens is 244 g/mol. The number of piperazine rings is 1. The number of nitrogen functional groups attached to an aromatic ring is 1. The molecule has 6 heteroatoms. The van der Waals surface area contributed by atoms with E-state index in [0.29, 0.717) is 43.1 Å². The number of carbonyl (C=O) groups is 2. The summed E-state index contributed by atoms with van der Waals surface area (Å²) in [7, 11) is 0. The number of aryl methyl sites for hydroxylation is 1. The quantitative estimate of drug-likeness (QED) is 0.788. The summed E-state index contributed by atoms with van der Waals surface area (Å²) in [5, 5.41) is 0. The zero-order valence-electron chi connectivity index (χ0n) is 11.2. The standard InChI is InChI=1S/C13H18N4O2/c1-9-12(7-11(14)8-15-9)13(19)17-5-3-16(4-6-17)10(2)18/h7-8H,3-6,14H2,1-2H3. The normalized spacial score (nSPS) is 15.5. The monoisotopic (exact) mass is 262 g/mol. The fourth-order valence-corrected chi connectivity index (χ4v) is 2.16. The van der Waals surface area contributed by atoms with Crippen LogP contribution in [-0.2, 0) is 4.79 Å². The fraction of sp³-hybridized carbons (Fsp3) is 0.462. The van der Waals surface area contributed by atoms with E-state index in [4.69, 9.17) is 5.73 Å². The van der Waals surface area contributed by atoms with Crippen LogP contribution in [0.5, 0.6) is 0 Å². The summed E-state index contributed by atoms with van der Waals surface area (Å²) in [5.74, 6) is -0.0191. The second-order valence-electron chi connectivity index (χ2n) is 4.70. The molecule has 0 aromatic carbocycles. The summed E-state index contributed by atoms with van der Waals surface area (Å²) in [6, 6.07) is 1.65. The van der Waals surface area contributed by atoms with Crippen molar-refractivity contribution in [1.29, 1.82) is 0 Å². The van der Waals surface area contributed by atoms with Gasteiger partial charge in [-0.25, -0.2) is 0 Å². The van der Waals surface area contributed by atoms with Crippen LogP contribution in [-0.4, -0.2) is 52.8 Å². The van der Waals surface area contributed by atoms with Gasteiger partial charge in [0.05, 0.1) is 23.1 Å². The molecule has 0 spiro atoms. The molecule has 19 heavy (non-hydrogen) atoms. The molecule has 0 saturated carbocycles. The van der Waals surface area contributed by atoms with E-state index in [1.54, 1.807) is 35.9 Å². The highest BCUT2D eigenvalue weighted by Gasteiger charge is 2.24.